The summed E-state index contributed by atoms with van der Waals surface area (Å²) in [5, 5.41) is 3.42. The Morgan fingerprint density at radius 1 is 1.53 bits per heavy atom. The first-order chi connectivity index (χ1) is 8.15. The third kappa shape index (κ3) is 3.68. The topological polar surface area (TPSA) is 28.2 Å². The summed E-state index contributed by atoms with van der Waals surface area (Å²) < 4.78 is 0.887. The largest absolute Gasteiger partial charge is 0.370 e. The van der Waals surface area contributed by atoms with Crippen LogP contribution in [0.25, 0.3) is 0 Å². The number of hydrogen-bond donors (Lipinski definition) is 1. The molecule has 17 heavy (non-hydrogen) atoms. The molecule has 1 N–H and O–H groups in total. The van der Waals surface area contributed by atoms with Crippen LogP contribution < -0.4 is 5.32 Å². The molecule has 1 atom stereocenters. The number of aromatic nitrogens is 1. The predicted molar refractivity (Wildman–Crippen MR) is 75.2 cm³/mol. The Kier molecular flexibility index (Phi) is 4.40. The lowest BCUT2D eigenvalue weighted by Gasteiger charge is -2.20. The minimum absolute atomic E-state index is 0.670. The van der Waals surface area contributed by atoms with E-state index in [1.54, 1.807) is 0 Å². The maximum Gasteiger partial charge on any atom is 0.127 e. The van der Waals surface area contributed by atoms with Crippen LogP contribution in [-0.4, -0.2) is 35.6 Å². The van der Waals surface area contributed by atoms with E-state index in [4.69, 9.17) is 0 Å². The highest BCUT2D eigenvalue weighted by molar-refractivity contribution is 9.10. The summed E-state index contributed by atoms with van der Waals surface area (Å²) >= 11 is 3.38. The van der Waals surface area contributed by atoms with Gasteiger partial charge in [0.15, 0.2) is 0 Å². The molecule has 0 bridgehead atoms. The van der Waals surface area contributed by atoms with Gasteiger partial charge in [0.05, 0.1) is 0 Å². The van der Waals surface area contributed by atoms with Gasteiger partial charge in [0.25, 0.3) is 0 Å². The van der Waals surface area contributed by atoms with Gasteiger partial charge in [0.2, 0.25) is 0 Å². The van der Waals surface area contributed by atoms with Crippen molar-refractivity contribution in [3.8, 4) is 0 Å². The average molecular weight is 298 g/mol. The van der Waals surface area contributed by atoms with E-state index in [1.165, 1.54) is 19.5 Å². The number of nitrogens with zero attached hydrogens (tertiary/aromatic N) is 2. The molecule has 1 fully saturated rings. The lowest BCUT2D eigenvalue weighted by molar-refractivity contribution is 0.266. The number of pyridine rings is 1. The molecule has 2 rings (SSSR count). The average Bonchev–Trinajstić information content (AvgIpc) is 2.75. The fourth-order valence-corrected chi connectivity index (χ4v) is 2.60. The van der Waals surface area contributed by atoms with Crippen LogP contribution in [-0.2, 0) is 0 Å². The number of rotatable bonds is 4. The van der Waals surface area contributed by atoms with Crippen molar-refractivity contribution < 1.29 is 0 Å². The summed E-state index contributed by atoms with van der Waals surface area (Å²) in [6.07, 6.45) is 1.29. The molecule has 0 spiro atoms. The van der Waals surface area contributed by atoms with Gasteiger partial charge in [0.1, 0.15) is 10.4 Å². The Labute approximate surface area is 112 Å². The van der Waals surface area contributed by atoms with Crippen molar-refractivity contribution in [2.24, 2.45) is 5.92 Å². The molecule has 0 saturated carbocycles. The highest BCUT2D eigenvalue weighted by Crippen LogP contribution is 2.19. The Morgan fingerprint density at radius 3 is 3.00 bits per heavy atom. The third-order valence-corrected chi connectivity index (χ3v) is 3.78. The van der Waals surface area contributed by atoms with Gasteiger partial charge in [-0.05, 0) is 60.8 Å². The normalized spacial score (nSPS) is 21.1. The minimum atomic E-state index is 0.670. The number of halogens is 1. The molecule has 1 aliphatic heterocycles. The molecule has 0 amide bonds. The molecular formula is C13H20BrN3. The number of nitrogens with one attached hydrogen (secondary N) is 1. The van der Waals surface area contributed by atoms with Gasteiger partial charge in [-0.2, -0.15) is 0 Å². The highest BCUT2D eigenvalue weighted by Gasteiger charge is 2.23. The van der Waals surface area contributed by atoms with Crippen LogP contribution in [0, 0.1) is 5.92 Å². The van der Waals surface area contributed by atoms with E-state index in [0.717, 1.165) is 22.9 Å². The molecule has 0 aliphatic carbocycles. The van der Waals surface area contributed by atoms with E-state index in [2.05, 4.69) is 45.0 Å². The van der Waals surface area contributed by atoms with Crippen molar-refractivity contribution in [3.05, 3.63) is 22.8 Å². The van der Waals surface area contributed by atoms with Crippen molar-refractivity contribution in [1.82, 2.24) is 9.88 Å². The van der Waals surface area contributed by atoms with E-state index in [-0.39, 0.29) is 0 Å². The second-order valence-electron chi connectivity index (χ2n) is 4.97. The van der Waals surface area contributed by atoms with Gasteiger partial charge < -0.3 is 10.2 Å². The van der Waals surface area contributed by atoms with E-state index in [9.17, 15) is 0 Å². The summed E-state index contributed by atoms with van der Waals surface area (Å²) in [4.78, 5) is 6.92. The number of hydrogen-bond acceptors (Lipinski definition) is 3. The van der Waals surface area contributed by atoms with Crippen molar-refractivity contribution in [1.29, 1.82) is 0 Å². The van der Waals surface area contributed by atoms with Crippen LogP contribution in [0.1, 0.15) is 20.3 Å². The minimum Gasteiger partial charge on any atom is -0.370 e. The Bertz CT molecular complexity index is 367. The maximum atomic E-state index is 4.38. The molecular weight excluding hydrogens is 278 g/mol. The van der Waals surface area contributed by atoms with Gasteiger partial charge in [-0.3, -0.25) is 0 Å². The first kappa shape index (κ1) is 12.8. The molecule has 94 valence electrons. The predicted octanol–water partition coefficient (Wildman–Crippen LogP) is 2.99. The van der Waals surface area contributed by atoms with Crippen LogP contribution in [0.2, 0.25) is 0 Å². The van der Waals surface area contributed by atoms with Crippen LogP contribution >= 0.6 is 15.9 Å². The number of likely N-dealkylation sites (tertiary alicyclic amines) is 1. The van der Waals surface area contributed by atoms with Crippen molar-refractivity contribution in [3.63, 3.8) is 0 Å². The van der Waals surface area contributed by atoms with Crippen LogP contribution in [0.4, 0.5) is 5.82 Å². The fourth-order valence-electron chi connectivity index (χ4n) is 2.25. The first-order valence-corrected chi connectivity index (χ1v) is 7.05. The summed E-state index contributed by atoms with van der Waals surface area (Å²) in [5.41, 5.74) is 0. The monoisotopic (exact) mass is 297 g/mol. The molecule has 0 aromatic carbocycles. The fraction of sp³-hybridized carbons (Fsp3) is 0.615. The molecule has 1 saturated heterocycles. The highest BCUT2D eigenvalue weighted by atomic mass is 79.9. The quantitative estimate of drug-likeness (QED) is 0.866. The van der Waals surface area contributed by atoms with Gasteiger partial charge in [-0.25, -0.2) is 4.98 Å². The summed E-state index contributed by atoms with van der Waals surface area (Å²) in [6.45, 7) is 8.00. The molecule has 4 heteroatoms. The molecule has 3 nitrogen and oxygen atoms in total. The molecule has 1 aliphatic rings. The lowest BCUT2D eigenvalue weighted by Crippen LogP contribution is -2.29. The lowest BCUT2D eigenvalue weighted by atomic mass is 10.1. The SMILES string of the molecule is CC(C)N1CCC(CNc2cccc(Br)n2)C1. The van der Waals surface area contributed by atoms with E-state index in [0.29, 0.717) is 6.04 Å². The standard InChI is InChI=1S/C13H20BrN3/c1-10(2)17-7-6-11(9-17)8-15-13-5-3-4-12(14)16-13/h3-5,10-11H,6-9H2,1-2H3,(H,15,16). The smallest absolute Gasteiger partial charge is 0.127 e. The second kappa shape index (κ2) is 5.83. The van der Waals surface area contributed by atoms with Gasteiger partial charge in [0, 0.05) is 19.1 Å². The molecule has 1 unspecified atom stereocenters. The van der Waals surface area contributed by atoms with E-state index < -0.39 is 0 Å². The number of anilines is 1. The zero-order valence-corrected chi connectivity index (χ0v) is 12.1. The van der Waals surface area contributed by atoms with Crippen molar-refractivity contribution in [2.75, 3.05) is 25.0 Å². The summed E-state index contributed by atoms with van der Waals surface area (Å²) in [5.74, 6) is 1.71. The van der Waals surface area contributed by atoms with Gasteiger partial charge in [-0.15, -0.1) is 0 Å². The Hall–Kier alpha value is -0.610. The molecule has 0 radical (unpaired) electrons. The van der Waals surface area contributed by atoms with Gasteiger partial charge in [-0.1, -0.05) is 6.07 Å². The van der Waals surface area contributed by atoms with Crippen molar-refractivity contribution in [2.45, 2.75) is 26.3 Å². The van der Waals surface area contributed by atoms with Crippen LogP contribution in [0.15, 0.2) is 22.8 Å². The van der Waals surface area contributed by atoms with Crippen LogP contribution in [0.3, 0.4) is 0 Å². The Balaban J connectivity index is 1.80. The molecule has 2 heterocycles. The van der Waals surface area contributed by atoms with E-state index >= 15 is 0 Å². The van der Waals surface area contributed by atoms with Crippen LogP contribution in [0.5, 0.6) is 0 Å². The van der Waals surface area contributed by atoms with E-state index in [1.807, 2.05) is 18.2 Å². The first-order valence-electron chi connectivity index (χ1n) is 6.25. The molecule has 1 aromatic heterocycles. The Morgan fingerprint density at radius 2 is 2.35 bits per heavy atom. The van der Waals surface area contributed by atoms with Crippen molar-refractivity contribution >= 4 is 21.7 Å². The zero-order valence-electron chi connectivity index (χ0n) is 10.5. The van der Waals surface area contributed by atoms with Gasteiger partial charge >= 0.3 is 0 Å². The second-order valence-corrected chi connectivity index (χ2v) is 5.78. The zero-order chi connectivity index (χ0) is 12.3. The summed E-state index contributed by atoms with van der Waals surface area (Å²) in [6, 6.07) is 6.64. The summed E-state index contributed by atoms with van der Waals surface area (Å²) in [7, 11) is 0. The maximum absolute atomic E-state index is 4.38. The molecule has 1 aromatic rings. The third-order valence-electron chi connectivity index (χ3n) is 3.33.